The zero-order chi connectivity index (χ0) is 14.5. The average molecular weight is 277 g/mol. The van der Waals surface area contributed by atoms with Crippen molar-refractivity contribution in [2.75, 3.05) is 7.11 Å². The highest BCUT2D eigenvalue weighted by molar-refractivity contribution is 5.81. The molecule has 0 N–H and O–H groups in total. The van der Waals surface area contributed by atoms with E-state index in [0.717, 1.165) is 19.3 Å². The first kappa shape index (κ1) is 14.5. The van der Waals surface area contributed by atoms with E-state index in [4.69, 9.17) is 4.74 Å². The quantitative estimate of drug-likeness (QED) is 0.612. The highest BCUT2D eigenvalue weighted by Gasteiger charge is 2.31. The molecule has 5 heteroatoms. The molecule has 1 aromatic rings. The van der Waals surface area contributed by atoms with Crippen molar-refractivity contribution in [1.82, 2.24) is 0 Å². The van der Waals surface area contributed by atoms with Crippen LogP contribution in [-0.2, 0) is 4.79 Å². The molecule has 1 aliphatic carbocycles. The van der Waals surface area contributed by atoms with Gasteiger partial charge in [0.2, 0.25) is 6.04 Å². The van der Waals surface area contributed by atoms with Gasteiger partial charge in [-0.25, -0.2) is 0 Å². The molecule has 1 aromatic carbocycles. The van der Waals surface area contributed by atoms with Crippen LogP contribution < -0.4 is 4.74 Å². The SMILES string of the molecule is COc1ccc([C@@H](C[C@@H]2CCCCC2=O)[N+](=O)[O-])cc1. The molecular weight excluding hydrogens is 258 g/mol. The van der Waals surface area contributed by atoms with Crippen LogP contribution in [0, 0.1) is 16.0 Å². The van der Waals surface area contributed by atoms with Crippen molar-refractivity contribution in [3.8, 4) is 5.75 Å². The molecule has 0 saturated heterocycles. The van der Waals surface area contributed by atoms with Gasteiger partial charge in [0.05, 0.1) is 7.11 Å². The number of nitro groups is 1. The van der Waals surface area contributed by atoms with Crippen LogP contribution in [-0.4, -0.2) is 17.8 Å². The predicted molar refractivity (Wildman–Crippen MR) is 74.3 cm³/mol. The number of hydrogen-bond donors (Lipinski definition) is 0. The molecular formula is C15H19NO4. The lowest BCUT2D eigenvalue weighted by molar-refractivity contribution is -0.531. The summed E-state index contributed by atoms with van der Waals surface area (Å²) in [5.41, 5.74) is 0.633. The van der Waals surface area contributed by atoms with Gasteiger partial charge in [-0.2, -0.15) is 0 Å². The summed E-state index contributed by atoms with van der Waals surface area (Å²) in [6, 6.07) is 6.04. The van der Waals surface area contributed by atoms with Gasteiger partial charge in [-0.3, -0.25) is 14.9 Å². The van der Waals surface area contributed by atoms with Crippen LogP contribution in [0.3, 0.4) is 0 Å². The number of ketones is 1. The molecule has 1 saturated carbocycles. The molecule has 1 fully saturated rings. The fourth-order valence-electron chi connectivity index (χ4n) is 2.74. The summed E-state index contributed by atoms with van der Waals surface area (Å²) in [5.74, 6) is 0.683. The van der Waals surface area contributed by atoms with Crippen LogP contribution in [0.15, 0.2) is 24.3 Å². The Bertz CT molecular complexity index is 483. The fourth-order valence-corrected chi connectivity index (χ4v) is 2.74. The number of hydrogen-bond acceptors (Lipinski definition) is 4. The van der Waals surface area contributed by atoms with Gasteiger partial charge in [-0.05, 0) is 37.1 Å². The summed E-state index contributed by atoms with van der Waals surface area (Å²) in [7, 11) is 1.56. The Morgan fingerprint density at radius 1 is 1.35 bits per heavy atom. The third kappa shape index (κ3) is 3.35. The number of benzene rings is 1. The average Bonchev–Trinajstić information content (AvgIpc) is 2.46. The number of rotatable bonds is 5. The van der Waals surface area contributed by atoms with Crippen molar-refractivity contribution in [1.29, 1.82) is 0 Å². The van der Waals surface area contributed by atoms with E-state index in [2.05, 4.69) is 0 Å². The Morgan fingerprint density at radius 3 is 2.60 bits per heavy atom. The Labute approximate surface area is 118 Å². The zero-order valence-corrected chi connectivity index (χ0v) is 11.6. The monoisotopic (exact) mass is 277 g/mol. The maximum atomic E-state index is 11.8. The molecule has 0 unspecified atom stereocenters. The van der Waals surface area contributed by atoms with Gasteiger partial charge in [0, 0.05) is 29.2 Å². The number of carbonyl (C=O) groups excluding carboxylic acids is 1. The van der Waals surface area contributed by atoms with Crippen LogP contribution >= 0.6 is 0 Å². The van der Waals surface area contributed by atoms with Gasteiger partial charge < -0.3 is 4.74 Å². The standard InChI is InChI=1S/C15H19NO4/c1-20-13-8-6-11(7-9-13)14(16(18)19)10-12-4-2-3-5-15(12)17/h6-9,12,14H,2-5,10H2,1H3/t12-,14+/m0/s1. The zero-order valence-electron chi connectivity index (χ0n) is 11.6. The Balaban J connectivity index is 2.13. The lowest BCUT2D eigenvalue weighted by Gasteiger charge is -2.22. The normalized spacial score (nSPS) is 20.4. The summed E-state index contributed by atoms with van der Waals surface area (Å²) >= 11 is 0. The summed E-state index contributed by atoms with van der Waals surface area (Å²) in [5, 5.41) is 11.3. The number of Topliss-reactive ketones (excluding diaryl/α,β-unsaturated/α-hetero) is 1. The van der Waals surface area contributed by atoms with E-state index in [9.17, 15) is 14.9 Å². The predicted octanol–water partition coefficient (Wildman–Crippen LogP) is 3.16. The van der Waals surface area contributed by atoms with Gasteiger partial charge in [0.1, 0.15) is 11.5 Å². The van der Waals surface area contributed by atoms with E-state index in [1.165, 1.54) is 0 Å². The molecule has 0 spiro atoms. The highest BCUT2D eigenvalue weighted by atomic mass is 16.6. The summed E-state index contributed by atoms with van der Waals surface area (Å²) in [6.07, 6.45) is 3.56. The van der Waals surface area contributed by atoms with Crippen molar-refractivity contribution in [2.45, 2.75) is 38.1 Å². The topological polar surface area (TPSA) is 69.4 Å². The van der Waals surface area contributed by atoms with Gasteiger partial charge in [-0.1, -0.05) is 6.42 Å². The minimum atomic E-state index is -0.812. The van der Waals surface area contributed by atoms with E-state index >= 15 is 0 Å². The minimum absolute atomic E-state index is 0.166. The van der Waals surface area contributed by atoms with Crippen molar-refractivity contribution in [3.63, 3.8) is 0 Å². The first-order valence-corrected chi connectivity index (χ1v) is 6.92. The molecule has 108 valence electrons. The molecule has 2 rings (SSSR count). The van der Waals surface area contributed by atoms with E-state index < -0.39 is 6.04 Å². The highest BCUT2D eigenvalue weighted by Crippen LogP contribution is 2.32. The molecule has 0 aliphatic heterocycles. The number of carbonyl (C=O) groups is 1. The maximum absolute atomic E-state index is 11.8. The Morgan fingerprint density at radius 2 is 2.05 bits per heavy atom. The summed E-state index contributed by atoms with van der Waals surface area (Å²) in [4.78, 5) is 22.9. The molecule has 0 heterocycles. The number of methoxy groups -OCH3 is 1. The van der Waals surface area contributed by atoms with Crippen molar-refractivity contribution < 1.29 is 14.5 Å². The first-order chi connectivity index (χ1) is 9.61. The third-order valence-corrected chi connectivity index (χ3v) is 3.94. The molecule has 2 atom stereocenters. The van der Waals surface area contributed by atoms with Gasteiger partial charge in [0.25, 0.3) is 0 Å². The second-order valence-electron chi connectivity index (χ2n) is 5.22. The molecule has 1 aliphatic rings. The molecule has 0 amide bonds. The molecule has 0 aromatic heterocycles. The third-order valence-electron chi connectivity index (χ3n) is 3.94. The largest absolute Gasteiger partial charge is 0.497 e. The van der Waals surface area contributed by atoms with Crippen LogP contribution in [0.4, 0.5) is 0 Å². The number of ether oxygens (including phenoxy) is 1. The van der Waals surface area contributed by atoms with Crippen molar-refractivity contribution >= 4 is 5.78 Å². The summed E-state index contributed by atoms with van der Waals surface area (Å²) < 4.78 is 5.05. The minimum Gasteiger partial charge on any atom is -0.497 e. The fraction of sp³-hybridized carbons (Fsp3) is 0.533. The Hall–Kier alpha value is -1.91. The van der Waals surface area contributed by atoms with Gasteiger partial charge in [-0.15, -0.1) is 0 Å². The van der Waals surface area contributed by atoms with Crippen molar-refractivity contribution in [3.05, 3.63) is 39.9 Å². The Kier molecular flexibility index (Phi) is 4.71. The van der Waals surface area contributed by atoms with E-state index in [-0.39, 0.29) is 16.6 Å². The lowest BCUT2D eigenvalue weighted by Crippen LogP contribution is -2.24. The van der Waals surface area contributed by atoms with Crippen LogP contribution in [0.2, 0.25) is 0 Å². The van der Waals surface area contributed by atoms with Crippen molar-refractivity contribution in [2.24, 2.45) is 5.92 Å². The molecule has 0 bridgehead atoms. The first-order valence-electron chi connectivity index (χ1n) is 6.92. The smallest absolute Gasteiger partial charge is 0.238 e. The van der Waals surface area contributed by atoms with E-state index in [0.29, 0.717) is 24.2 Å². The van der Waals surface area contributed by atoms with Crippen LogP contribution in [0.5, 0.6) is 5.75 Å². The van der Waals surface area contributed by atoms with Crippen LogP contribution in [0.25, 0.3) is 0 Å². The molecule has 0 radical (unpaired) electrons. The second-order valence-corrected chi connectivity index (χ2v) is 5.22. The van der Waals surface area contributed by atoms with Crippen LogP contribution in [0.1, 0.15) is 43.7 Å². The van der Waals surface area contributed by atoms with E-state index in [1.54, 1.807) is 31.4 Å². The summed E-state index contributed by atoms with van der Waals surface area (Å²) in [6.45, 7) is 0. The molecule has 5 nitrogen and oxygen atoms in total. The maximum Gasteiger partial charge on any atom is 0.238 e. The molecule has 20 heavy (non-hydrogen) atoms. The van der Waals surface area contributed by atoms with Gasteiger partial charge >= 0.3 is 0 Å². The van der Waals surface area contributed by atoms with E-state index in [1.807, 2.05) is 0 Å². The second kappa shape index (κ2) is 6.50. The van der Waals surface area contributed by atoms with Gasteiger partial charge in [0.15, 0.2) is 0 Å². The lowest BCUT2D eigenvalue weighted by atomic mass is 9.82. The number of nitrogens with zero attached hydrogens (tertiary/aromatic N) is 1.